The smallest absolute Gasteiger partial charge is 0.368 e. The third-order valence-electron chi connectivity index (χ3n) is 4.44. The number of carbonyl (C=O) groups excluding carboxylic acids is 1. The molecule has 10 heteroatoms. The Labute approximate surface area is 158 Å². The van der Waals surface area contributed by atoms with Crippen molar-refractivity contribution in [2.24, 2.45) is 5.41 Å². The number of nitrogens with zero attached hydrogens (tertiary/aromatic N) is 2. The molecule has 144 valence electrons. The largest absolute Gasteiger partial charge is 0.433 e. The van der Waals surface area contributed by atoms with Gasteiger partial charge in [-0.25, -0.2) is 4.98 Å². The highest BCUT2D eigenvalue weighted by atomic mass is 35.5. The minimum atomic E-state index is -4.65. The van der Waals surface area contributed by atoms with Crippen LogP contribution in [-0.2, 0) is 11.0 Å². The second kappa shape index (κ2) is 6.56. The van der Waals surface area contributed by atoms with Gasteiger partial charge in [-0.15, -0.1) is 0 Å². The Morgan fingerprint density at radius 1 is 1.41 bits per heavy atom. The van der Waals surface area contributed by atoms with Gasteiger partial charge in [0.05, 0.1) is 6.04 Å². The van der Waals surface area contributed by atoms with Crippen LogP contribution in [0, 0.1) is 5.41 Å². The van der Waals surface area contributed by atoms with E-state index in [9.17, 15) is 18.0 Å². The number of hydrogen-bond acceptors (Lipinski definition) is 5. The van der Waals surface area contributed by atoms with E-state index < -0.39 is 29.3 Å². The maximum atomic E-state index is 12.9. The third kappa shape index (κ3) is 3.78. The fourth-order valence-corrected chi connectivity index (χ4v) is 3.55. The summed E-state index contributed by atoms with van der Waals surface area (Å²) >= 11 is 6.16. The number of halogens is 4. The normalized spacial score (nSPS) is 23.5. The molecular formula is C17H17ClF3N5O. The van der Waals surface area contributed by atoms with Gasteiger partial charge >= 0.3 is 6.18 Å². The molecule has 6 nitrogen and oxygen atoms in total. The molecule has 4 N–H and O–H groups in total. The number of carbonyl (C=O) groups is 1. The van der Waals surface area contributed by atoms with Crippen molar-refractivity contribution in [2.45, 2.75) is 32.5 Å². The summed E-state index contributed by atoms with van der Waals surface area (Å²) in [4.78, 5) is 19.5. The van der Waals surface area contributed by atoms with E-state index in [1.165, 1.54) is 0 Å². The quantitative estimate of drug-likeness (QED) is 0.724. The van der Waals surface area contributed by atoms with E-state index in [-0.39, 0.29) is 11.7 Å². The van der Waals surface area contributed by atoms with Crippen molar-refractivity contribution in [1.82, 2.24) is 15.3 Å². The Bertz CT molecular complexity index is 893. The number of fused-ring (bicyclic) bond motifs is 1. The topological polar surface area (TPSA) is 92.9 Å². The zero-order chi connectivity index (χ0) is 20.0. The SMILES string of the molecule is C[C@H](Nc1cc(C(F)(F)F)nc(N)n1)C1=CC2(C)CC=CC(Cl)=C2C(=O)N1. The van der Waals surface area contributed by atoms with Crippen molar-refractivity contribution < 1.29 is 18.0 Å². The molecule has 1 aromatic heterocycles. The second-order valence-electron chi connectivity index (χ2n) is 6.66. The van der Waals surface area contributed by atoms with Gasteiger partial charge in [-0.2, -0.15) is 18.2 Å². The summed E-state index contributed by atoms with van der Waals surface area (Å²) in [6, 6.07) is 0.234. The number of rotatable bonds is 3. The van der Waals surface area contributed by atoms with Crippen molar-refractivity contribution in [2.75, 3.05) is 11.1 Å². The molecule has 1 aromatic rings. The molecular weight excluding hydrogens is 383 g/mol. The molecule has 0 saturated carbocycles. The van der Waals surface area contributed by atoms with Crippen LogP contribution in [0.4, 0.5) is 24.9 Å². The first kappa shape index (κ1) is 19.2. The predicted molar refractivity (Wildman–Crippen MR) is 95.5 cm³/mol. The summed E-state index contributed by atoms with van der Waals surface area (Å²) in [5.74, 6) is -0.927. The Kier molecular flexibility index (Phi) is 4.67. The summed E-state index contributed by atoms with van der Waals surface area (Å²) in [6.07, 6.45) is 1.34. The van der Waals surface area contributed by atoms with E-state index >= 15 is 0 Å². The molecule has 0 aromatic carbocycles. The highest BCUT2D eigenvalue weighted by Crippen LogP contribution is 2.43. The number of nitrogens with one attached hydrogen (secondary N) is 2. The lowest BCUT2D eigenvalue weighted by atomic mass is 9.73. The highest BCUT2D eigenvalue weighted by Gasteiger charge is 2.39. The minimum Gasteiger partial charge on any atom is -0.368 e. The average Bonchev–Trinajstić information content (AvgIpc) is 2.52. The molecule has 0 bridgehead atoms. The molecule has 0 radical (unpaired) electrons. The van der Waals surface area contributed by atoms with Gasteiger partial charge in [0.25, 0.3) is 5.91 Å². The highest BCUT2D eigenvalue weighted by molar-refractivity contribution is 6.34. The number of alkyl halides is 3. The molecule has 0 saturated heterocycles. The van der Waals surface area contributed by atoms with Gasteiger partial charge in [-0.3, -0.25) is 4.79 Å². The zero-order valence-electron chi connectivity index (χ0n) is 14.5. The number of allylic oxidation sites excluding steroid dienone is 4. The van der Waals surface area contributed by atoms with Crippen molar-refractivity contribution >= 4 is 29.3 Å². The Hall–Kier alpha value is -2.55. The number of nitrogen functional groups attached to an aromatic ring is 1. The zero-order valence-corrected chi connectivity index (χ0v) is 15.2. The lowest BCUT2D eigenvalue weighted by Gasteiger charge is -2.37. The van der Waals surface area contributed by atoms with E-state index in [2.05, 4.69) is 20.6 Å². The van der Waals surface area contributed by atoms with E-state index in [0.29, 0.717) is 22.7 Å². The van der Waals surface area contributed by atoms with Crippen LogP contribution in [0.15, 0.2) is 40.6 Å². The Morgan fingerprint density at radius 3 is 2.78 bits per heavy atom. The van der Waals surface area contributed by atoms with Gasteiger partial charge in [0, 0.05) is 27.8 Å². The van der Waals surface area contributed by atoms with Crippen molar-refractivity contribution in [3.8, 4) is 0 Å². The molecule has 1 unspecified atom stereocenters. The van der Waals surface area contributed by atoms with Gasteiger partial charge in [0.15, 0.2) is 5.69 Å². The second-order valence-corrected chi connectivity index (χ2v) is 7.07. The summed E-state index contributed by atoms with van der Waals surface area (Å²) in [5, 5.41) is 5.94. The molecule has 0 spiro atoms. The van der Waals surface area contributed by atoms with Crippen LogP contribution in [0.25, 0.3) is 0 Å². The molecule has 27 heavy (non-hydrogen) atoms. The predicted octanol–water partition coefficient (Wildman–Crippen LogP) is 3.35. The lowest BCUT2D eigenvalue weighted by molar-refractivity contribution is -0.141. The average molecular weight is 400 g/mol. The third-order valence-corrected chi connectivity index (χ3v) is 4.75. The molecule has 1 aliphatic carbocycles. The van der Waals surface area contributed by atoms with Crippen LogP contribution < -0.4 is 16.4 Å². The number of amides is 1. The summed E-state index contributed by atoms with van der Waals surface area (Å²) < 4.78 is 38.7. The molecule has 2 aliphatic rings. The maximum Gasteiger partial charge on any atom is 0.433 e. The monoisotopic (exact) mass is 399 g/mol. The van der Waals surface area contributed by atoms with Crippen LogP contribution in [0.2, 0.25) is 0 Å². The Balaban J connectivity index is 1.89. The fourth-order valence-electron chi connectivity index (χ4n) is 3.16. The molecule has 1 aliphatic heterocycles. The first-order chi connectivity index (χ1) is 12.5. The number of aromatic nitrogens is 2. The van der Waals surface area contributed by atoms with Crippen LogP contribution >= 0.6 is 11.6 Å². The fraction of sp³-hybridized carbons (Fsp3) is 0.353. The van der Waals surface area contributed by atoms with Crippen molar-refractivity contribution in [3.05, 3.63) is 46.3 Å². The Morgan fingerprint density at radius 2 is 2.11 bits per heavy atom. The van der Waals surface area contributed by atoms with Crippen molar-refractivity contribution in [1.29, 1.82) is 0 Å². The molecule has 3 rings (SSSR count). The van der Waals surface area contributed by atoms with Gasteiger partial charge < -0.3 is 16.4 Å². The summed E-state index contributed by atoms with van der Waals surface area (Å²) in [6.45, 7) is 3.57. The van der Waals surface area contributed by atoms with Gasteiger partial charge in [-0.1, -0.05) is 30.7 Å². The molecule has 1 amide bonds. The molecule has 2 heterocycles. The van der Waals surface area contributed by atoms with Gasteiger partial charge in [-0.05, 0) is 19.4 Å². The van der Waals surface area contributed by atoms with E-state index in [1.54, 1.807) is 13.0 Å². The van der Waals surface area contributed by atoms with Crippen LogP contribution in [0.5, 0.6) is 0 Å². The van der Waals surface area contributed by atoms with Crippen LogP contribution in [0.3, 0.4) is 0 Å². The summed E-state index contributed by atoms with van der Waals surface area (Å²) in [5.41, 5.74) is 4.62. The standard InChI is InChI=1S/C17H17ClF3N5O/c1-8(23-12-6-11(17(19,20)21)25-15(22)26-12)10-7-16(2)5-3-4-9(18)13(16)14(27)24-10/h3-4,6-8H,5H2,1-2H3,(H,24,27)(H3,22,23,25,26)/t8-,16?/m0/s1. The summed E-state index contributed by atoms with van der Waals surface area (Å²) in [7, 11) is 0. The molecule has 0 fully saturated rings. The first-order valence-electron chi connectivity index (χ1n) is 8.09. The van der Waals surface area contributed by atoms with Gasteiger partial charge in [0.1, 0.15) is 5.82 Å². The minimum absolute atomic E-state index is 0.0921. The first-order valence-corrected chi connectivity index (χ1v) is 8.46. The van der Waals surface area contributed by atoms with Crippen molar-refractivity contribution in [3.63, 3.8) is 0 Å². The van der Waals surface area contributed by atoms with E-state index in [0.717, 1.165) is 6.07 Å². The maximum absolute atomic E-state index is 12.9. The number of hydrogen-bond donors (Lipinski definition) is 3. The van der Waals surface area contributed by atoms with Crippen LogP contribution in [-0.4, -0.2) is 21.9 Å². The number of nitrogens with two attached hydrogens (primary N) is 1. The molecule has 2 atom stereocenters. The lowest BCUT2D eigenvalue weighted by Crippen LogP contribution is -2.43. The number of anilines is 2. The van der Waals surface area contributed by atoms with Crippen LogP contribution in [0.1, 0.15) is 26.0 Å². The van der Waals surface area contributed by atoms with E-state index in [4.69, 9.17) is 17.3 Å². The van der Waals surface area contributed by atoms with E-state index in [1.807, 2.05) is 19.1 Å². The van der Waals surface area contributed by atoms with Gasteiger partial charge in [0.2, 0.25) is 5.95 Å².